The molecule has 1 N–H and O–H groups in total. The van der Waals surface area contributed by atoms with Gasteiger partial charge in [0.1, 0.15) is 0 Å². The Morgan fingerprint density at radius 2 is 2.39 bits per heavy atom. The van der Waals surface area contributed by atoms with Gasteiger partial charge in [-0.05, 0) is 36.6 Å². The predicted molar refractivity (Wildman–Crippen MR) is 68.7 cm³/mol. The van der Waals surface area contributed by atoms with E-state index in [1.165, 1.54) is 0 Å². The number of rotatable bonds is 5. The van der Waals surface area contributed by atoms with Crippen LogP contribution < -0.4 is 0 Å². The number of carbonyl (C=O) groups is 1. The molecule has 1 aliphatic heterocycles. The molecule has 0 aromatic heterocycles. The number of ether oxygens (including phenoxy) is 1. The van der Waals surface area contributed by atoms with Gasteiger partial charge in [0.25, 0.3) is 0 Å². The maximum Gasteiger partial charge on any atom is 0.335 e. The summed E-state index contributed by atoms with van der Waals surface area (Å²) in [5, 5.41) is 8.95. The Hall–Kier alpha value is -1.39. The van der Waals surface area contributed by atoms with Gasteiger partial charge in [-0.15, -0.1) is 0 Å². The molecule has 18 heavy (non-hydrogen) atoms. The molecule has 1 fully saturated rings. The van der Waals surface area contributed by atoms with Crippen LogP contribution in [0.1, 0.15) is 22.3 Å². The van der Waals surface area contributed by atoms with Gasteiger partial charge in [-0.2, -0.15) is 0 Å². The quantitative estimate of drug-likeness (QED) is 0.865. The number of hydrogen-bond acceptors (Lipinski definition) is 3. The Balaban J connectivity index is 1.94. The summed E-state index contributed by atoms with van der Waals surface area (Å²) < 4.78 is 5.17. The summed E-state index contributed by atoms with van der Waals surface area (Å²) in [4.78, 5) is 13.2. The zero-order valence-electron chi connectivity index (χ0n) is 10.6. The largest absolute Gasteiger partial charge is 0.478 e. The van der Waals surface area contributed by atoms with E-state index in [4.69, 9.17) is 9.84 Å². The maximum absolute atomic E-state index is 10.9. The fourth-order valence-corrected chi connectivity index (χ4v) is 2.49. The van der Waals surface area contributed by atoms with E-state index in [0.717, 1.165) is 38.2 Å². The van der Waals surface area contributed by atoms with E-state index in [1.54, 1.807) is 19.2 Å². The molecule has 1 aromatic carbocycles. The Kier molecular flexibility index (Phi) is 4.33. The number of carboxylic acids is 1. The first-order valence-corrected chi connectivity index (χ1v) is 6.22. The fourth-order valence-electron chi connectivity index (χ4n) is 2.49. The summed E-state index contributed by atoms with van der Waals surface area (Å²) in [6, 6.07) is 7.17. The lowest BCUT2D eigenvalue weighted by molar-refractivity contribution is 0.0696. The van der Waals surface area contributed by atoms with Crippen LogP contribution in [-0.4, -0.2) is 42.8 Å². The van der Waals surface area contributed by atoms with E-state index in [2.05, 4.69) is 4.90 Å². The van der Waals surface area contributed by atoms with Crippen LogP contribution in [0.25, 0.3) is 0 Å². The third-order valence-electron chi connectivity index (χ3n) is 3.35. The maximum atomic E-state index is 10.9. The van der Waals surface area contributed by atoms with Crippen LogP contribution in [0, 0.1) is 5.92 Å². The zero-order chi connectivity index (χ0) is 13.0. The number of hydrogen-bond donors (Lipinski definition) is 1. The van der Waals surface area contributed by atoms with Crippen LogP contribution in [0.2, 0.25) is 0 Å². The molecule has 1 aliphatic rings. The van der Waals surface area contributed by atoms with Gasteiger partial charge in [-0.1, -0.05) is 12.1 Å². The van der Waals surface area contributed by atoms with Crippen LogP contribution in [-0.2, 0) is 11.3 Å². The number of likely N-dealkylation sites (tertiary alicyclic amines) is 1. The highest BCUT2D eigenvalue weighted by Crippen LogP contribution is 2.19. The monoisotopic (exact) mass is 249 g/mol. The average molecular weight is 249 g/mol. The Labute approximate surface area is 107 Å². The number of carboxylic acid groups (broad SMARTS) is 1. The van der Waals surface area contributed by atoms with E-state index in [1.807, 2.05) is 12.1 Å². The molecule has 0 bridgehead atoms. The SMILES string of the molecule is COCC1CCN(Cc2cccc(C(=O)O)c2)C1. The van der Waals surface area contributed by atoms with Gasteiger partial charge >= 0.3 is 5.97 Å². The number of nitrogens with zero attached hydrogens (tertiary/aromatic N) is 1. The van der Waals surface area contributed by atoms with Crippen LogP contribution in [0.4, 0.5) is 0 Å². The molecule has 0 aliphatic carbocycles. The molecule has 2 rings (SSSR count). The number of aromatic carboxylic acids is 1. The van der Waals surface area contributed by atoms with E-state index in [9.17, 15) is 4.79 Å². The summed E-state index contributed by atoms with van der Waals surface area (Å²) in [5.41, 5.74) is 1.42. The van der Waals surface area contributed by atoms with Gasteiger partial charge in [-0.3, -0.25) is 4.90 Å². The van der Waals surface area contributed by atoms with Gasteiger partial charge in [0, 0.05) is 20.2 Å². The van der Waals surface area contributed by atoms with E-state index >= 15 is 0 Å². The van der Waals surface area contributed by atoms with Crippen molar-refractivity contribution in [3.05, 3.63) is 35.4 Å². The van der Waals surface area contributed by atoms with Gasteiger partial charge in [0.05, 0.1) is 12.2 Å². The molecule has 0 amide bonds. The average Bonchev–Trinajstić information content (AvgIpc) is 2.77. The summed E-state index contributed by atoms with van der Waals surface area (Å²) >= 11 is 0. The Bertz CT molecular complexity index is 419. The van der Waals surface area contributed by atoms with Crippen molar-refractivity contribution in [1.29, 1.82) is 0 Å². The number of benzene rings is 1. The molecule has 1 atom stereocenters. The zero-order valence-corrected chi connectivity index (χ0v) is 10.6. The number of methoxy groups -OCH3 is 1. The van der Waals surface area contributed by atoms with Crippen LogP contribution >= 0.6 is 0 Å². The molecular weight excluding hydrogens is 230 g/mol. The predicted octanol–water partition coefficient (Wildman–Crippen LogP) is 1.85. The highest BCUT2D eigenvalue weighted by Gasteiger charge is 2.22. The van der Waals surface area contributed by atoms with Crippen molar-refractivity contribution in [3.63, 3.8) is 0 Å². The highest BCUT2D eigenvalue weighted by molar-refractivity contribution is 5.87. The summed E-state index contributed by atoms with van der Waals surface area (Å²) in [6.07, 6.45) is 1.16. The molecule has 4 heteroatoms. The van der Waals surface area contributed by atoms with Crippen molar-refractivity contribution >= 4 is 5.97 Å². The molecule has 0 spiro atoms. The van der Waals surface area contributed by atoms with Crippen LogP contribution in [0.3, 0.4) is 0 Å². The van der Waals surface area contributed by atoms with E-state index in [-0.39, 0.29) is 0 Å². The minimum absolute atomic E-state index is 0.361. The summed E-state index contributed by atoms with van der Waals surface area (Å²) in [7, 11) is 1.74. The van der Waals surface area contributed by atoms with Crippen LogP contribution in [0.5, 0.6) is 0 Å². The molecule has 1 saturated heterocycles. The second kappa shape index (κ2) is 5.98. The second-order valence-electron chi connectivity index (χ2n) is 4.85. The highest BCUT2D eigenvalue weighted by atomic mass is 16.5. The van der Waals surface area contributed by atoms with Crippen molar-refractivity contribution in [3.8, 4) is 0 Å². The van der Waals surface area contributed by atoms with Crippen molar-refractivity contribution in [1.82, 2.24) is 4.90 Å². The van der Waals surface area contributed by atoms with E-state index in [0.29, 0.717) is 11.5 Å². The molecule has 1 aromatic rings. The standard InChI is InChI=1S/C14H19NO3/c1-18-10-12-5-6-15(9-12)8-11-3-2-4-13(7-11)14(16)17/h2-4,7,12H,5-6,8-10H2,1H3,(H,16,17). The van der Waals surface area contributed by atoms with E-state index < -0.39 is 5.97 Å². The minimum Gasteiger partial charge on any atom is -0.478 e. The molecular formula is C14H19NO3. The Morgan fingerprint density at radius 1 is 1.56 bits per heavy atom. The first-order valence-electron chi connectivity index (χ1n) is 6.22. The smallest absolute Gasteiger partial charge is 0.335 e. The fraction of sp³-hybridized carbons (Fsp3) is 0.500. The normalized spacial score (nSPS) is 20.2. The van der Waals surface area contributed by atoms with Crippen molar-refractivity contribution in [2.45, 2.75) is 13.0 Å². The third kappa shape index (κ3) is 3.31. The van der Waals surface area contributed by atoms with Gasteiger partial charge < -0.3 is 9.84 Å². The van der Waals surface area contributed by atoms with Crippen molar-refractivity contribution in [2.75, 3.05) is 26.8 Å². The lowest BCUT2D eigenvalue weighted by Crippen LogP contribution is -2.21. The minimum atomic E-state index is -0.865. The summed E-state index contributed by atoms with van der Waals surface area (Å²) in [5.74, 6) is -0.256. The second-order valence-corrected chi connectivity index (χ2v) is 4.85. The van der Waals surface area contributed by atoms with Gasteiger partial charge in [0.15, 0.2) is 0 Å². The lowest BCUT2D eigenvalue weighted by atomic mass is 10.1. The Morgan fingerprint density at radius 3 is 3.11 bits per heavy atom. The van der Waals surface area contributed by atoms with Crippen LogP contribution in [0.15, 0.2) is 24.3 Å². The van der Waals surface area contributed by atoms with Gasteiger partial charge in [-0.25, -0.2) is 4.79 Å². The molecule has 4 nitrogen and oxygen atoms in total. The third-order valence-corrected chi connectivity index (χ3v) is 3.35. The summed E-state index contributed by atoms with van der Waals surface area (Å²) in [6.45, 7) is 3.73. The molecule has 98 valence electrons. The molecule has 1 unspecified atom stereocenters. The molecule has 1 heterocycles. The lowest BCUT2D eigenvalue weighted by Gasteiger charge is -2.16. The first kappa shape index (κ1) is 13.1. The first-order chi connectivity index (χ1) is 8.69. The molecule has 0 radical (unpaired) electrons. The topological polar surface area (TPSA) is 49.8 Å². The molecule has 0 saturated carbocycles. The van der Waals surface area contributed by atoms with Crippen molar-refractivity contribution < 1.29 is 14.6 Å². The van der Waals surface area contributed by atoms with Gasteiger partial charge in [0.2, 0.25) is 0 Å². The van der Waals surface area contributed by atoms with Crippen molar-refractivity contribution in [2.24, 2.45) is 5.92 Å².